The number of nitrogens with one attached hydrogen (secondary N) is 1. The summed E-state index contributed by atoms with van der Waals surface area (Å²) in [6, 6.07) is 12.6. The second-order valence-corrected chi connectivity index (χ2v) is 6.62. The van der Waals surface area contributed by atoms with Gasteiger partial charge in [0.05, 0.1) is 0 Å². The number of ketones is 1. The minimum absolute atomic E-state index is 0.0284. The molecule has 0 bridgehead atoms. The maximum atomic E-state index is 12.0. The Kier molecular flexibility index (Phi) is 5.97. The molecule has 0 atom stereocenters. The van der Waals surface area contributed by atoms with Crippen LogP contribution in [0.25, 0.3) is 0 Å². The van der Waals surface area contributed by atoms with Gasteiger partial charge in [-0.3, -0.25) is 9.59 Å². The normalized spacial score (nSPS) is 10.3. The first-order chi connectivity index (χ1) is 10.5. The molecule has 0 saturated carbocycles. The lowest BCUT2D eigenvalue weighted by molar-refractivity contribution is -0.116. The van der Waals surface area contributed by atoms with E-state index in [1.165, 1.54) is 0 Å². The summed E-state index contributed by atoms with van der Waals surface area (Å²) in [6.45, 7) is 1.87. The quantitative estimate of drug-likeness (QED) is 0.547. The van der Waals surface area contributed by atoms with E-state index in [-0.39, 0.29) is 24.5 Å². The molecule has 22 heavy (non-hydrogen) atoms. The number of amides is 1. The molecule has 0 fully saturated rings. The van der Waals surface area contributed by atoms with E-state index in [1.807, 2.05) is 19.1 Å². The summed E-state index contributed by atoms with van der Waals surface area (Å²) in [7, 11) is 0. The van der Waals surface area contributed by atoms with Gasteiger partial charge in [0.2, 0.25) is 5.91 Å². The minimum atomic E-state index is -0.177. The Morgan fingerprint density at radius 1 is 1.09 bits per heavy atom. The highest BCUT2D eigenvalue weighted by Crippen LogP contribution is 2.20. The number of rotatable bonds is 5. The maximum absolute atomic E-state index is 12.0. The highest BCUT2D eigenvalue weighted by molar-refractivity contribution is 14.1. The standard InChI is InChI=1S/C17H15ClINO2/c1-11-10-13(18)4-7-15(11)20-17(22)9-8-16(21)12-2-5-14(19)6-3-12/h2-7,10H,8-9H2,1H3,(H,20,22). The predicted molar refractivity (Wildman–Crippen MR) is 97.5 cm³/mol. The Bertz CT molecular complexity index is 698. The van der Waals surface area contributed by atoms with Crippen molar-refractivity contribution in [3.8, 4) is 0 Å². The topological polar surface area (TPSA) is 46.2 Å². The molecular weight excluding hydrogens is 413 g/mol. The summed E-state index contributed by atoms with van der Waals surface area (Å²) in [5.41, 5.74) is 2.25. The predicted octanol–water partition coefficient (Wildman–Crippen LogP) is 4.85. The molecule has 2 aromatic rings. The van der Waals surface area contributed by atoms with E-state index >= 15 is 0 Å². The van der Waals surface area contributed by atoms with Crippen molar-refractivity contribution in [2.45, 2.75) is 19.8 Å². The molecule has 2 aromatic carbocycles. The zero-order valence-electron chi connectivity index (χ0n) is 12.0. The van der Waals surface area contributed by atoms with Gasteiger partial charge in [-0.25, -0.2) is 0 Å². The molecule has 0 aliphatic heterocycles. The maximum Gasteiger partial charge on any atom is 0.224 e. The van der Waals surface area contributed by atoms with Gasteiger partial charge in [-0.2, -0.15) is 0 Å². The van der Waals surface area contributed by atoms with Crippen molar-refractivity contribution in [2.24, 2.45) is 0 Å². The Hall–Kier alpha value is -1.40. The van der Waals surface area contributed by atoms with Gasteiger partial charge in [0.25, 0.3) is 0 Å². The Morgan fingerprint density at radius 3 is 2.41 bits per heavy atom. The lowest BCUT2D eigenvalue weighted by atomic mass is 10.1. The van der Waals surface area contributed by atoms with Crippen LogP contribution in [-0.2, 0) is 4.79 Å². The highest BCUT2D eigenvalue weighted by Gasteiger charge is 2.10. The van der Waals surface area contributed by atoms with Crippen molar-refractivity contribution in [3.05, 3.63) is 62.2 Å². The van der Waals surface area contributed by atoms with Gasteiger partial charge < -0.3 is 5.32 Å². The molecule has 2 rings (SSSR count). The fourth-order valence-electron chi connectivity index (χ4n) is 1.99. The van der Waals surface area contributed by atoms with E-state index in [4.69, 9.17) is 11.6 Å². The first-order valence-electron chi connectivity index (χ1n) is 6.80. The summed E-state index contributed by atoms with van der Waals surface area (Å²) in [6.07, 6.45) is 0.353. The van der Waals surface area contributed by atoms with E-state index in [0.29, 0.717) is 10.6 Å². The average molecular weight is 428 g/mol. The van der Waals surface area contributed by atoms with Crippen LogP contribution in [0.15, 0.2) is 42.5 Å². The monoisotopic (exact) mass is 427 g/mol. The van der Waals surface area contributed by atoms with Crippen molar-refractivity contribution in [2.75, 3.05) is 5.32 Å². The summed E-state index contributed by atoms with van der Waals surface area (Å²) >= 11 is 8.06. The molecule has 0 heterocycles. The molecule has 0 aliphatic carbocycles. The number of benzene rings is 2. The zero-order chi connectivity index (χ0) is 16.1. The lowest BCUT2D eigenvalue weighted by Crippen LogP contribution is -2.14. The van der Waals surface area contributed by atoms with Crippen molar-refractivity contribution in [1.82, 2.24) is 0 Å². The van der Waals surface area contributed by atoms with Gasteiger partial charge in [0.1, 0.15) is 0 Å². The molecular formula is C17H15ClINO2. The highest BCUT2D eigenvalue weighted by atomic mass is 127. The van der Waals surface area contributed by atoms with Crippen LogP contribution in [-0.4, -0.2) is 11.7 Å². The number of Topliss-reactive ketones (excluding diaryl/α,β-unsaturated/α-hetero) is 1. The van der Waals surface area contributed by atoms with E-state index in [1.54, 1.807) is 30.3 Å². The third-order valence-corrected chi connectivity index (χ3v) is 4.16. The molecule has 5 heteroatoms. The number of carbonyl (C=O) groups excluding carboxylic acids is 2. The second-order valence-electron chi connectivity index (χ2n) is 4.94. The fourth-order valence-corrected chi connectivity index (χ4v) is 2.57. The van der Waals surface area contributed by atoms with E-state index in [2.05, 4.69) is 27.9 Å². The molecule has 1 amide bonds. The third-order valence-electron chi connectivity index (χ3n) is 3.21. The van der Waals surface area contributed by atoms with Gasteiger partial charge in [0, 0.05) is 32.7 Å². The number of hydrogen-bond donors (Lipinski definition) is 1. The van der Waals surface area contributed by atoms with E-state index in [9.17, 15) is 9.59 Å². The van der Waals surface area contributed by atoms with Crippen molar-refractivity contribution >= 4 is 51.6 Å². The van der Waals surface area contributed by atoms with Gasteiger partial charge in [-0.1, -0.05) is 23.7 Å². The average Bonchev–Trinajstić information content (AvgIpc) is 2.48. The lowest BCUT2D eigenvalue weighted by Gasteiger charge is -2.08. The summed E-state index contributed by atoms with van der Waals surface area (Å²) in [5.74, 6) is -0.205. The first-order valence-corrected chi connectivity index (χ1v) is 8.26. The van der Waals surface area contributed by atoms with Gasteiger partial charge in [-0.15, -0.1) is 0 Å². The van der Waals surface area contributed by atoms with Gasteiger partial charge in [-0.05, 0) is 65.4 Å². The molecule has 0 unspecified atom stereocenters. The Morgan fingerprint density at radius 2 is 1.77 bits per heavy atom. The van der Waals surface area contributed by atoms with Crippen molar-refractivity contribution in [3.63, 3.8) is 0 Å². The molecule has 0 radical (unpaired) electrons. The van der Waals surface area contributed by atoms with Crippen LogP contribution in [0, 0.1) is 10.5 Å². The first kappa shape index (κ1) is 17.0. The number of hydrogen-bond acceptors (Lipinski definition) is 2. The molecule has 0 aromatic heterocycles. The SMILES string of the molecule is Cc1cc(Cl)ccc1NC(=O)CCC(=O)c1ccc(I)cc1. The molecule has 1 N–H and O–H groups in total. The largest absolute Gasteiger partial charge is 0.326 e. The molecule has 0 saturated heterocycles. The van der Waals surface area contributed by atoms with Gasteiger partial charge >= 0.3 is 0 Å². The van der Waals surface area contributed by atoms with E-state index < -0.39 is 0 Å². The molecule has 0 aliphatic rings. The summed E-state index contributed by atoms with van der Waals surface area (Å²) < 4.78 is 1.07. The van der Waals surface area contributed by atoms with Crippen LogP contribution in [0.1, 0.15) is 28.8 Å². The van der Waals surface area contributed by atoms with Crippen molar-refractivity contribution in [1.29, 1.82) is 0 Å². The number of aryl methyl sites for hydroxylation is 1. The summed E-state index contributed by atoms with van der Waals surface area (Å²) in [4.78, 5) is 24.0. The van der Waals surface area contributed by atoms with Crippen LogP contribution >= 0.6 is 34.2 Å². The van der Waals surface area contributed by atoms with Crippen LogP contribution < -0.4 is 5.32 Å². The van der Waals surface area contributed by atoms with Crippen molar-refractivity contribution < 1.29 is 9.59 Å². The second kappa shape index (κ2) is 7.74. The molecule has 3 nitrogen and oxygen atoms in total. The van der Waals surface area contributed by atoms with Crippen LogP contribution in [0.4, 0.5) is 5.69 Å². The fraction of sp³-hybridized carbons (Fsp3) is 0.176. The molecule has 0 spiro atoms. The summed E-state index contributed by atoms with van der Waals surface area (Å²) in [5, 5.41) is 3.43. The smallest absolute Gasteiger partial charge is 0.224 e. The number of anilines is 1. The Labute approximate surface area is 148 Å². The van der Waals surface area contributed by atoms with Crippen LogP contribution in [0.3, 0.4) is 0 Å². The third kappa shape index (κ3) is 4.81. The minimum Gasteiger partial charge on any atom is -0.326 e. The Balaban J connectivity index is 1.89. The molecule has 114 valence electrons. The number of halogens is 2. The zero-order valence-corrected chi connectivity index (χ0v) is 14.9. The number of carbonyl (C=O) groups is 2. The van der Waals surface area contributed by atoms with Crippen LogP contribution in [0.5, 0.6) is 0 Å². The van der Waals surface area contributed by atoms with Gasteiger partial charge in [0.15, 0.2) is 5.78 Å². The van der Waals surface area contributed by atoms with Crippen LogP contribution in [0.2, 0.25) is 5.02 Å². The van der Waals surface area contributed by atoms with E-state index in [0.717, 1.165) is 14.8 Å².